The van der Waals surface area contributed by atoms with Crippen molar-refractivity contribution in [2.24, 2.45) is 5.16 Å². The van der Waals surface area contributed by atoms with Crippen LogP contribution in [0.2, 0.25) is 5.02 Å². The van der Waals surface area contributed by atoms with E-state index in [1.807, 2.05) is 0 Å². The van der Waals surface area contributed by atoms with Crippen LogP contribution in [0.15, 0.2) is 40.1 Å². The predicted octanol–water partition coefficient (Wildman–Crippen LogP) is 2.38. The maximum absolute atomic E-state index is 8.67. The van der Waals surface area contributed by atoms with Crippen LogP contribution in [0.4, 0.5) is 0 Å². The summed E-state index contributed by atoms with van der Waals surface area (Å²) in [5.74, 6) is 0. The zero-order valence-corrected chi connectivity index (χ0v) is 7.32. The van der Waals surface area contributed by atoms with E-state index in [1.165, 1.54) is 6.26 Å². The lowest BCUT2D eigenvalue weighted by Crippen LogP contribution is -2.00. The van der Waals surface area contributed by atoms with Crippen LogP contribution in [-0.4, -0.2) is 5.21 Å². The Labute approximate surface area is 78.9 Å². The van der Waals surface area contributed by atoms with Gasteiger partial charge in [-0.05, 0) is 18.2 Å². The quantitative estimate of drug-likeness (QED) is 0.518. The summed E-state index contributed by atoms with van der Waals surface area (Å²) in [5.41, 5.74) is 0.639. The molecule has 4 heteroatoms. The molecule has 66 valence electrons. The monoisotopic (exact) mass is 195 g/mol. The molecule has 0 radical (unpaired) electrons. The molecule has 2 aromatic rings. The minimum absolute atomic E-state index is 0.448. The van der Waals surface area contributed by atoms with Crippen LogP contribution in [0.3, 0.4) is 0 Å². The molecule has 0 bridgehead atoms. The molecule has 0 unspecified atom stereocenters. The van der Waals surface area contributed by atoms with Gasteiger partial charge in [0.1, 0.15) is 10.9 Å². The van der Waals surface area contributed by atoms with Gasteiger partial charge >= 0.3 is 0 Å². The van der Waals surface area contributed by atoms with Gasteiger partial charge in [0, 0.05) is 16.5 Å². The minimum Gasteiger partial charge on any atom is -0.464 e. The van der Waals surface area contributed by atoms with Crippen molar-refractivity contribution in [2.45, 2.75) is 0 Å². The summed E-state index contributed by atoms with van der Waals surface area (Å²) in [5, 5.41) is 13.5. The Morgan fingerprint density at radius 3 is 2.92 bits per heavy atom. The van der Waals surface area contributed by atoms with Crippen molar-refractivity contribution in [3.05, 3.63) is 40.9 Å². The lowest BCUT2D eigenvalue weighted by Gasteiger charge is -1.96. The maximum Gasteiger partial charge on any atom is 0.136 e. The number of hydrogen-bond donors (Lipinski definition) is 1. The summed E-state index contributed by atoms with van der Waals surface area (Å²) in [6, 6.07) is 6.70. The average Bonchev–Trinajstić information content (AvgIpc) is 2.17. The highest BCUT2D eigenvalue weighted by Crippen LogP contribution is 2.15. The fourth-order valence-electron chi connectivity index (χ4n) is 1.15. The van der Waals surface area contributed by atoms with Gasteiger partial charge in [0.05, 0.1) is 6.26 Å². The fraction of sp³-hybridized carbons (Fsp3) is 0. The highest BCUT2D eigenvalue weighted by molar-refractivity contribution is 6.31. The topological polar surface area (TPSA) is 45.7 Å². The van der Waals surface area contributed by atoms with Crippen LogP contribution >= 0.6 is 11.6 Å². The average molecular weight is 196 g/mol. The van der Waals surface area contributed by atoms with E-state index in [2.05, 4.69) is 5.16 Å². The van der Waals surface area contributed by atoms with Gasteiger partial charge in [0.15, 0.2) is 0 Å². The summed E-state index contributed by atoms with van der Waals surface area (Å²) < 4.78 is 5.18. The first-order chi connectivity index (χ1) is 6.31. The fourth-order valence-corrected chi connectivity index (χ4v) is 1.33. The van der Waals surface area contributed by atoms with Crippen molar-refractivity contribution in [1.29, 1.82) is 0 Å². The van der Waals surface area contributed by atoms with E-state index in [-0.39, 0.29) is 0 Å². The molecular formula is C9H6ClNO2. The Balaban J connectivity index is 2.96. The van der Waals surface area contributed by atoms with Crippen molar-refractivity contribution in [1.82, 2.24) is 0 Å². The van der Waals surface area contributed by atoms with Gasteiger partial charge in [0.2, 0.25) is 0 Å². The van der Waals surface area contributed by atoms with Crippen molar-refractivity contribution >= 4 is 22.6 Å². The summed E-state index contributed by atoms with van der Waals surface area (Å²) in [6.45, 7) is 0. The van der Waals surface area contributed by atoms with E-state index < -0.39 is 0 Å². The largest absolute Gasteiger partial charge is 0.464 e. The Morgan fingerprint density at radius 1 is 1.31 bits per heavy atom. The second kappa shape index (κ2) is 3.11. The summed E-state index contributed by atoms with van der Waals surface area (Å²) >= 11 is 5.78. The van der Waals surface area contributed by atoms with Gasteiger partial charge < -0.3 is 9.62 Å². The van der Waals surface area contributed by atoms with Crippen LogP contribution in [0.25, 0.3) is 11.0 Å². The third-order valence-electron chi connectivity index (χ3n) is 1.75. The van der Waals surface area contributed by atoms with E-state index in [4.69, 9.17) is 21.2 Å². The first-order valence-electron chi connectivity index (χ1n) is 3.66. The van der Waals surface area contributed by atoms with E-state index in [1.54, 1.807) is 24.3 Å². The van der Waals surface area contributed by atoms with Crippen LogP contribution in [0, 0.1) is 0 Å². The molecule has 1 heterocycles. The molecule has 0 spiro atoms. The molecule has 0 saturated heterocycles. The van der Waals surface area contributed by atoms with E-state index >= 15 is 0 Å². The normalized spacial score (nSPS) is 12.2. The molecular weight excluding hydrogens is 190 g/mol. The Kier molecular flexibility index (Phi) is 1.94. The van der Waals surface area contributed by atoms with Crippen molar-refractivity contribution in [3.8, 4) is 0 Å². The third kappa shape index (κ3) is 1.38. The molecule has 0 aliphatic heterocycles. The number of fused-ring (bicyclic) bond motifs is 1. The Hall–Kier alpha value is -1.48. The zero-order chi connectivity index (χ0) is 9.26. The predicted molar refractivity (Wildman–Crippen MR) is 48.6 cm³/mol. The molecule has 1 aromatic heterocycles. The lowest BCUT2D eigenvalue weighted by molar-refractivity contribution is 0.302. The highest BCUT2D eigenvalue weighted by atomic mass is 35.5. The number of rotatable bonds is 0. The van der Waals surface area contributed by atoms with Crippen LogP contribution in [0.5, 0.6) is 0 Å². The smallest absolute Gasteiger partial charge is 0.136 e. The van der Waals surface area contributed by atoms with Gasteiger partial charge in [-0.3, -0.25) is 0 Å². The van der Waals surface area contributed by atoms with E-state index in [0.29, 0.717) is 21.3 Å². The van der Waals surface area contributed by atoms with Gasteiger partial charge in [-0.25, -0.2) is 0 Å². The van der Waals surface area contributed by atoms with Gasteiger partial charge in [-0.2, -0.15) is 0 Å². The number of hydrogen-bond acceptors (Lipinski definition) is 3. The third-order valence-corrected chi connectivity index (χ3v) is 1.98. The van der Waals surface area contributed by atoms with E-state index in [0.717, 1.165) is 0 Å². The molecule has 1 aromatic carbocycles. The van der Waals surface area contributed by atoms with Gasteiger partial charge in [-0.1, -0.05) is 16.8 Å². The molecule has 2 rings (SSSR count). The van der Waals surface area contributed by atoms with Crippen LogP contribution in [-0.2, 0) is 0 Å². The molecule has 0 saturated carbocycles. The van der Waals surface area contributed by atoms with Crippen molar-refractivity contribution in [2.75, 3.05) is 0 Å². The van der Waals surface area contributed by atoms with Gasteiger partial charge in [-0.15, -0.1) is 0 Å². The summed E-state index contributed by atoms with van der Waals surface area (Å²) in [4.78, 5) is 0. The zero-order valence-electron chi connectivity index (χ0n) is 6.57. The highest BCUT2D eigenvalue weighted by Gasteiger charge is 1.98. The minimum atomic E-state index is 0.448. The standard InChI is InChI=1S/C9H6ClNO2/c10-6-1-2-9-7(5-6)8(11-12)3-4-13-9/h1-5,12H. The number of nitrogens with zero attached hydrogens (tertiary/aromatic N) is 1. The first kappa shape index (κ1) is 8.13. The van der Waals surface area contributed by atoms with Gasteiger partial charge in [0.25, 0.3) is 0 Å². The number of benzene rings is 1. The molecule has 0 atom stereocenters. The maximum atomic E-state index is 8.67. The number of halogens is 1. The Bertz CT molecular complexity index is 504. The van der Waals surface area contributed by atoms with E-state index in [9.17, 15) is 0 Å². The molecule has 0 aliphatic rings. The Morgan fingerprint density at radius 2 is 2.15 bits per heavy atom. The van der Waals surface area contributed by atoms with Crippen LogP contribution in [0.1, 0.15) is 0 Å². The second-order valence-electron chi connectivity index (χ2n) is 2.55. The molecule has 0 amide bonds. The lowest BCUT2D eigenvalue weighted by atomic mass is 10.2. The summed E-state index contributed by atoms with van der Waals surface area (Å²) in [7, 11) is 0. The van der Waals surface area contributed by atoms with Crippen molar-refractivity contribution < 1.29 is 9.62 Å². The SMILES string of the molecule is ON=c1ccoc2ccc(Cl)cc12. The summed E-state index contributed by atoms with van der Waals surface area (Å²) in [6.07, 6.45) is 1.46. The van der Waals surface area contributed by atoms with Crippen molar-refractivity contribution in [3.63, 3.8) is 0 Å². The second-order valence-corrected chi connectivity index (χ2v) is 2.98. The molecule has 3 nitrogen and oxygen atoms in total. The molecule has 1 N–H and O–H groups in total. The molecule has 0 fully saturated rings. The first-order valence-corrected chi connectivity index (χ1v) is 4.04. The molecule has 13 heavy (non-hydrogen) atoms. The molecule has 0 aliphatic carbocycles. The van der Waals surface area contributed by atoms with Crippen LogP contribution < -0.4 is 5.36 Å².